The molecule has 2 atom stereocenters. The van der Waals surface area contributed by atoms with E-state index in [0.717, 1.165) is 74.4 Å². The van der Waals surface area contributed by atoms with E-state index in [9.17, 15) is 4.79 Å². The fraction of sp³-hybridized carbons (Fsp3) is 0.609. The Balaban J connectivity index is 1.48. The van der Waals surface area contributed by atoms with Crippen LogP contribution in [-0.2, 0) is 4.79 Å². The van der Waals surface area contributed by atoms with Gasteiger partial charge in [0, 0.05) is 37.0 Å². The Morgan fingerprint density at radius 2 is 1.86 bits per heavy atom. The van der Waals surface area contributed by atoms with Gasteiger partial charge in [-0.1, -0.05) is 12.1 Å². The lowest BCUT2D eigenvalue weighted by atomic mass is 9.92. The van der Waals surface area contributed by atoms with Crippen LogP contribution in [-0.4, -0.2) is 52.9 Å². The van der Waals surface area contributed by atoms with Crippen LogP contribution < -0.4 is 4.90 Å². The van der Waals surface area contributed by atoms with Gasteiger partial charge in [0.1, 0.15) is 5.78 Å². The molecular weight excluding hydrogens is 348 g/mol. The molecule has 150 valence electrons. The molecule has 0 saturated carbocycles. The number of piperidine rings is 1. The first-order chi connectivity index (χ1) is 13.5. The number of aryl methyl sites for hydroxylation is 2. The van der Waals surface area contributed by atoms with Crippen molar-refractivity contribution < 1.29 is 4.79 Å². The molecule has 2 unspecified atom stereocenters. The van der Waals surface area contributed by atoms with Gasteiger partial charge in [0.25, 0.3) is 0 Å². The number of rotatable bonds is 3. The quantitative estimate of drug-likeness (QED) is 0.808. The van der Waals surface area contributed by atoms with Crippen molar-refractivity contribution in [3.63, 3.8) is 0 Å². The normalized spacial score (nSPS) is 24.3. The zero-order chi connectivity index (χ0) is 19.7. The third kappa shape index (κ3) is 4.04. The maximum absolute atomic E-state index is 11.8. The number of fused-ring (bicyclic) bond motifs is 1. The number of nitrogens with zero attached hydrogens (tertiary/aromatic N) is 4. The van der Waals surface area contributed by atoms with E-state index in [4.69, 9.17) is 9.97 Å². The predicted molar refractivity (Wildman–Crippen MR) is 114 cm³/mol. The standard InChI is InChI=1S/C23H32N4O/c1-16-8-9-21-17(2)24-23(25-22(21)14-16)26-11-5-7-20(10-13-26)27-12-4-6-19(15-27)18(3)28/h8-9,14,19-20H,4-7,10-13,15H2,1-3H3. The summed E-state index contributed by atoms with van der Waals surface area (Å²) in [5.41, 5.74) is 3.34. The van der Waals surface area contributed by atoms with Crippen molar-refractivity contribution in [2.75, 3.05) is 31.1 Å². The molecule has 0 amide bonds. The average Bonchev–Trinajstić information content (AvgIpc) is 2.94. The van der Waals surface area contributed by atoms with Crippen molar-refractivity contribution in [3.05, 3.63) is 29.5 Å². The third-order valence-corrected chi connectivity index (χ3v) is 6.56. The van der Waals surface area contributed by atoms with Crippen LogP contribution >= 0.6 is 0 Å². The fourth-order valence-electron chi connectivity index (χ4n) is 4.84. The Hall–Kier alpha value is -2.01. The Labute approximate surface area is 168 Å². The summed E-state index contributed by atoms with van der Waals surface area (Å²) < 4.78 is 0. The van der Waals surface area contributed by atoms with E-state index >= 15 is 0 Å². The van der Waals surface area contributed by atoms with Gasteiger partial charge in [0.15, 0.2) is 0 Å². The molecule has 2 aliphatic heterocycles. The monoisotopic (exact) mass is 380 g/mol. The van der Waals surface area contributed by atoms with Crippen LogP contribution in [0, 0.1) is 19.8 Å². The first-order valence-electron chi connectivity index (χ1n) is 10.8. The molecule has 1 aromatic carbocycles. The van der Waals surface area contributed by atoms with E-state index in [-0.39, 0.29) is 5.92 Å². The maximum Gasteiger partial charge on any atom is 0.226 e. The van der Waals surface area contributed by atoms with Gasteiger partial charge in [-0.2, -0.15) is 0 Å². The molecule has 0 bridgehead atoms. The smallest absolute Gasteiger partial charge is 0.226 e. The number of carbonyl (C=O) groups excluding carboxylic acids is 1. The topological polar surface area (TPSA) is 49.3 Å². The van der Waals surface area contributed by atoms with Crippen molar-refractivity contribution in [2.24, 2.45) is 5.92 Å². The average molecular weight is 381 g/mol. The van der Waals surface area contributed by atoms with Crippen LogP contribution in [0.1, 0.15) is 50.3 Å². The molecule has 28 heavy (non-hydrogen) atoms. The number of hydrogen-bond acceptors (Lipinski definition) is 5. The van der Waals surface area contributed by atoms with Gasteiger partial charge >= 0.3 is 0 Å². The number of Topliss-reactive ketones (excluding diaryl/α,β-unsaturated/α-hetero) is 1. The molecule has 1 aromatic heterocycles. The summed E-state index contributed by atoms with van der Waals surface area (Å²) >= 11 is 0. The van der Waals surface area contributed by atoms with Gasteiger partial charge in [-0.3, -0.25) is 9.69 Å². The van der Waals surface area contributed by atoms with Crippen molar-refractivity contribution in [1.82, 2.24) is 14.9 Å². The molecule has 0 spiro atoms. The summed E-state index contributed by atoms with van der Waals surface area (Å²) in [6.45, 7) is 10.0. The number of carbonyl (C=O) groups is 1. The minimum Gasteiger partial charge on any atom is -0.341 e. The lowest BCUT2D eigenvalue weighted by Gasteiger charge is -2.37. The van der Waals surface area contributed by atoms with Crippen LogP contribution in [0.5, 0.6) is 0 Å². The van der Waals surface area contributed by atoms with Crippen LogP contribution in [0.15, 0.2) is 18.2 Å². The highest BCUT2D eigenvalue weighted by Gasteiger charge is 2.29. The maximum atomic E-state index is 11.8. The molecule has 3 heterocycles. The first-order valence-corrected chi connectivity index (χ1v) is 10.8. The van der Waals surface area contributed by atoms with E-state index < -0.39 is 0 Å². The van der Waals surface area contributed by atoms with Gasteiger partial charge in [-0.05, 0) is 71.0 Å². The number of ketones is 1. The van der Waals surface area contributed by atoms with Gasteiger partial charge in [-0.25, -0.2) is 9.97 Å². The zero-order valence-corrected chi connectivity index (χ0v) is 17.4. The SMILES string of the molecule is CC(=O)C1CCCN(C2CCCN(c3nc(C)c4ccc(C)cc4n3)CC2)C1. The minimum absolute atomic E-state index is 0.239. The molecular formula is C23H32N4O. The second kappa shape index (κ2) is 8.16. The number of hydrogen-bond donors (Lipinski definition) is 0. The molecule has 2 aliphatic rings. The van der Waals surface area contributed by atoms with Gasteiger partial charge < -0.3 is 4.90 Å². The van der Waals surface area contributed by atoms with Crippen molar-refractivity contribution >= 4 is 22.6 Å². The highest BCUT2D eigenvalue weighted by atomic mass is 16.1. The highest BCUT2D eigenvalue weighted by Crippen LogP contribution is 2.27. The Bertz CT molecular complexity index is 865. The second-order valence-electron chi connectivity index (χ2n) is 8.65. The van der Waals surface area contributed by atoms with Crippen LogP contribution in [0.4, 0.5) is 5.95 Å². The van der Waals surface area contributed by atoms with Gasteiger partial charge in [0.05, 0.1) is 11.2 Å². The summed E-state index contributed by atoms with van der Waals surface area (Å²) in [7, 11) is 0. The Morgan fingerprint density at radius 3 is 2.68 bits per heavy atom. The molecule has 2 fully saturated rings. The lowest BCUT2D eigenvalue weighted by Crippen LogP contribution is -2.44. The fourth-order valence-corrected chi connectivity index (χ4v) is 4.84. The largest absolute Gasteiger partial charge is 0.341 e. The number of anilines is 1. The summed E-state index contributed by atoms with van der Waals surface area (Å²) in [6.07, 6.45) is 5.69. The van der Waals surface area contributed by atoms with E-state index in [1.165, 1.54) is 12.0 Å². The van der Waals surface area contributed by atoms with E-state index in [1.807, 2.05) is 0 Å². The molecule has 0 N–H and O–H groups in total. The van der Waals surface area contributed by atoms with Crippen molar-refractivity contribution in [3.8, 4) is 0 Å². The molecule has 4 rings (SSSR count). The number of benzene rings is 1. The van der Waals surface area contributed by atoms with Crippen molar-refractivity contribution in [1.29, 1.82) is 0 Å². The summed E-state index contributed by atoms with van der Waals surface area (Å²) in [4.78, 5) is 26.5. The van der Waals surface area contributed by atoms with Crippen LogP contribution in [0.25, 0.3) is 10.9 Å². The van der Waals surface area contributed by atoms with E-state index in [1.54, 1.807) is 6.92 Å². The molecule has 2 aromatic rings. The first kappa shape index (κ1) is 19.3. The van der Waals surface area contributed by atoms with E-state index in [2.05, 4.69) is 41.8 Å². The van der Waals surface area contributed by atoms with Gasteiger partial charge in [0.2, 0.25) is 5.95 Å². The number of aromatic nitrogens is 2. The molecule has 0 aliphatic carbocycles. The predicted octanol–water partition coefficient (Wildman–Crippen LogP) is 3.91. The molecule has 0 radical (unpaired) electrons. The minimum atomic E-state index is 0.239. The zero-order valence-electron chi connectivity index (χ0n) is 17.4. The Morgan fingerprint density at radius 1 is 1.04 bits per heavy atom. The molecule has 2 saturated heterocycles. The summed E-state index contributed by atoms with van der Waals surface area (Å²) in [6, 6.07) is 6.99. The number of likely N-dealkylation sites (tertiary alicyclic amines) is 1. The van der Waals surface area contributed by atoms with Crippen molar-refractivity contribution in [2.45, 2.75) is 58.9 Å². The van der Waals surface area contributed by atoms with Crippen LogP contribution in [0.3, 0.4) is 0 Å². The van der Waals surface area contributed by atoms with E-state index in [0.29, 0.717) is 11.8 Å². The molecule has 5 nitrogen and oxygen atoms in total. The summed E-state index contributed by atoms with van der Waals surface area (Å²) in [5.74, 6) is 1.47. The summed E-state index contributed by atoms with van der Waals surface area (Å²) in [5, 5.41) is 1.14. The van der Waals surface area contributed by atoms with Crippen LogP contribution in [0.2, 0.25) is 0 Å². The Kier molecular flexibility index (Phi) is 5.63. The molecule has 5 heteroatoms. The third-order valence-electron chi connectivity index (χ3n) is 6.56. The lowest BCUT2D eigenvalue weighted by molar-refractivity contribution is -0.122. The second-order valence-corrected chi connectivity index (χ2v) is 8.65. The highest BCUT2D eigenvalue weighted by molar-refractivity contribution is 5.82. The van der Waals surface area contributed by atoms with Gasteiger partial charge in [-0.15, -0.1) is 0 Å².